The normalized spacial score (nSPS) is 12.8. The summed E-state index contributed by atoms with van der Waals surface area (Å²) in [4.78, 5) is 26.0. The number of halogens is 12. The summed E-state index contributed by atoms with van der Waals surface area (Å²) in [7, 11) is 0. The van der Waals surface area contributed by atoms with Gasteiger partial charge in [-0.3, -0.25) is 9.59 Å². The van der Waals surface area contributed by atoms with Gasteiger partial charge < -0.3 is 10.6 Å². The van der Waals surface area contributed by atoms with Crippen molar-refractivity contribution < 1.29 is 62.3 Å². The van der Waals surface area contributed by atoms with Crippen LogP contribution in [0.15, 0.2) is 66.7 Å². The van der Waals surface area contributed by atoms with E-state index in [0.29, 0.717) is 12.1 Å². The smallest absolute Gasteiger partial charge is 0.325 e. The largest absolute Gasteiger partial charge is 0.417 e. The maximum Gasteiger partial charge on any atom is 0.417 e. The molecule has 0 unspecified atom stereocenters. The third kappa shape index (κ3) is 7.49. The minimum absolute atomic E-state index is 0.0217. The molecule has 0 aliphatic heterocycles. The van der Waals surface area contributed by atoms with Gasteiger partial charge in [-0.05, 0) is 42.0 Å². The van der Waals surface area contributed by atoms with Crippen molar-refractivity contribution in [2.75, 3.05) is 10.6 Å². The third-order valence-corrected chi connectivity index (χ3v) is 5.45. The summed E-state index contributed by atoms with van der Waals surface area (Å²) in [6.07, 6.45) is -21.8. The summed E-state index contributed by atoms with van der Waals surface area (Å²) in [5, 5.41) is 3.73. The van der Waals surface area contributed by atoms with Gasteiger partial charge in [-0.15, -0.1) is 0 Å². The predicted octanol–water partition coefficient (Wildman–Crippen LogP) is 8.12. The average Bonchev–Trinajstić information content (AvgIpc) is 2.82. The highest BCUT2D eigenvalue weighted by atomic mass is 19.4. The molecule has 3 aromatic rings. The predicted molar refractivity (Wildman–Crippen MR) is 119 cm³/mol. The molecule has 2 amide bonds. The van der Waals surface area contributed by atoms with Crippen LogP contribution in [0.1, 0.15) is 33.7 Å². The molecule has 41 heavy (non-hydrogen) atoms. The molecule has 0 heterocycles. The summed E-state index contributed by atoms with van der Waals surface area (Å²) in [5.74, 6) is -4.85. The average molecular weight is 602 g/mol. The maximum absolute atomic E-state index is 13.3. The van der Waals surface area contributed by atoms with Gasteiger partial charge in [0.2, 0.25) is 11.8 Å². The molecular formula is C25H14F12N2O2. The Kier molecular flexibility index (Phi) is 8.37. The van der Waals surface area contributed by atoms with Gasteiger partial charge in [0.05, 0.1) is 22.3 Å². The molecule has 0 fully saturated rings. The summed E-state index contributed by atoms with van der Waals surface area (Å²) in [5.41, 5.74) is -10.2. The van der Waals surface area contributed by atoms with Gasteiger partial charge in [-0.1, -0.05) is 30.3 Å². The molecule has 0 spiro atoms. The Morgan fingerprint density at radius 2 is 0.829 bits per heavy atom. The van der Waals surface area contributed by atoms with Crippen molar-refractivity contribution in [3.05, 3.63) is 94.5 Å². The number of anilines is 2. The Morgan fingerprint density at radius 1 is 0.488 bits per heavy atom. The van der Waals surface area contributed by atoms with E-state index in [1.54, 1.807) is 0 Å². The van der Waals surface area contributed by atoms with Crippen LogP contribution >= 0.6 is 0 Å². The van der Waals surface area contributed by atoms with Crippen molar-refractivity contribution in [1.29, 1.82) is 0 Å². The first-order chi connectivity index (χ1) is 18.7. The molecular weight excluding hydrogens is 588 g/mol. The van der Waals surface area contributed by atoms with Crippen LogP contribution in [0, 0.1) is 0 Å². The fraction of sp³-hybridized carbons (Fsp3) is 0.200. The van der Waals surface area contributed by atoms with Gasteiger partial charge in [0.1, 0.15) is 5.92 Å². The molecule has 0 radical (unpaired) electrons. The van der Waals surface area contributed by atoms with E-state index in [9.17, 15) is 62.3 Å². The first kappa shape index (κ1) is 31.3. The molecule has 2 N–H and O–H groups in total. The second kappa shape index (κ2) is 11.0. The van der Waals surface area contributed by atoms with E-state index in [0.717, 1.165) is 0 Å². The lowest BCUT2D eigenvalue weighted by Crippen LogP contribution is -2.32. The lowest BCUT2D eigenvalue weighted by molar-refractivity contribution is -0.162. The zero-order valence-corrected chi connectivity index (χ0v) is 19.8. The molecule has 220 valence electrons. The van der Waals surface area contributed by atoms with E-state index in [4.69, 9.17) is 0 Å². The van der Waals surface area contributed by atoms with Crippen LogP contribution in [0.2, 0.25) is 0 Å². The zero-order valence-electron chi connectivity index (χ0n) is 19.8. The SMILES string of the molecule is O=C(Nc1ccc(C(F)(F)F)c(C(F)(F)F)c1)C(C(=O)Nc1ccc(C(F)(F)F)c(C(F)(F)F)c1)c1ccccc1. The highest BCUT2D eigenvalue weighted by Gasteiger charge is 2.44. The lowest BCUT2D eigenvalue weighted by atomic mass is 9.96. The van der Waals surface area contributed by atoms with Gasteiger partial charge in [0.25, 0.3) is 0 Å². The Labute approximate surface area is 222 Å². The van der Waals surface area contributed by atoms with Crippen molar-refractivity contribution in [1.82, 2.24) is 0 Å². The molecule has 0 atom stereocenters. The minimum Gasteiger partial charge on any atom is -0.325 e. The van der Waals surface area contributed by atoms with E-state index in [2.05, 4.69) is 0 Å². The van der Waals surface area contributed by atoms with E-state index in [1.807, 2.05) is 10.6 Å². The van der Waals surface area contributed by atoms with Gasteiger partial charge in [0.15, 0.2) is 0 Å². The number of hydrogen-bond donors (Lipinski definition) is 2. The van der Waals surface area contributed by atoms with E-state index < -0.39 is 76.1 Å². The summed E-state index contributed by atoms with van der Waals surface area (Å²) in [6, 6.07) is 7.42. The molecule has 0 aliphatic rings. The second-order valence-corrected chi connectivity index (χ2v) is 8.33. The fourth-order valence-electron chi connectivity index (χ4n) is 3.70. The lowest BCUT2D eigenvalue weighted by Gasteiger charge is -2.20. The molecule has 3 aromatic carbocycles. The monoisotopic (exact) mass is 602 g/mol. The summed E-state index contributed by atoms with van der Waals surface area (Å²) in [6.45, 7) is 0. The highest BCUT2D eigenvalue weighted by Crippen LogP contribution is 2.43. The van der Waals surface area contributed by atoms with Gasteiger partial charge in [-0.25, -0.2) is 0 Å². The first-order valence-corrected chi connectivity index (χ1v) is 10.9. The Bertz CT molecular complexity index is 1340. The van der Waals surface area contributed by atoms with Gasteiger partial charge in [-0.2, -0.15) is 52.7 Å². The van der Waals surface area contributed by atoms with Crippen molar-refractivity contribution in [3.63, 3.8) is 0 Å². The number of alkyl halides is 12. The van der Waals surface area contributed by atoms with Crippen LogP contribution in [0.5, 0.6) is 0 Å². The van der Waals surface area contributed by atoms with Crippen LogP contribution in [0.4, 0.5) is 64.1 Å². The number of hydrogen-bond acceptors (Lipinski definition) is 2. The van der Waals surface area contributed by atoms with Gasteiger partial charge >= 0.3 is 24.7 Å². The molecule has 3 rings (SSSR count). The van der Waals surface area contributed by atoms with E-state index in [1.165, 1.54) is 30.3 Å². The van der Waals surface area contributed by atoms with Gasteiger partial charge in [0, 0.05) is 11.4 Å². The standard InChI is InChI=1S/C25H14F12N2O2/c26-22(27,28)15-8-6-13(10-17(15)24(32,33)34)38-20(40)19(12-4-2-1-3-5-12)21(41)39-14-7-9-16(23(29,30)31)18(11-14)25(35,36)37/h1-11,19H,(H,38,40)(H,39,41). The molecule has 0 bridgehead atoms. The van der Waals surface area contributed by atoms with Crippen molar-refractivity contribution in [2.45, 2.75) is 30.6 Å². The number of amides is 2. The summed E-state index contributed by atoms with van der Waals surface area (Å²) >= 11 is 0. The van der Waals surface area contributed by atoms with Crippen LogP contribution in [-0.4, -0.2) is 11.8 Å². The van der Waals surface area contributed by atoms with Crippen LogP contribution in [0.25, 0.3) is 0 Å². The molecule has 0 saturated carbocycles. The molecule has 4 nitrogen and oxygen atoms in total. The van der Waals surface area contributed by atoms with Crippen molar-refractivity contribution in [2.24, 2.45) is 0 Å². The Morgan fingerprint density at radius 3 is 1.15 bits per heavy atom. The molecule has 16 heteroatoms. The Hall–Kier alpha value is -4.24. The van der Waals surface area contributed by atoms with Crippen LogP contribution < -0.4 is 10.6 Å². The van der Waals surface area contributed by atoms with E-state index in [-0.39, 0.29) is 29.8 Å². The maximum atomic E-state index is 13.3. The molecule has 0 aromatic heterocycles. The quantitative estimate of drug-likeness (QED) is 0.229. The van der Waals surface area contributed by atoms with Crippen molar-refractivity contribution >= 4 is 23.2 Å². The number of carbonyl (C=O) groups is 2. The first-order valence-electron chi connectivity index (χ1n) is 10.9. The molecule has 0 saturated heterocycles. The minimum atomic E-state index is -5.50. The number of rotatable bonds is 5. The number of benzene rings is 3. The fourth-order valence-corrected chi connectivity index (χ4v) is 3.70. The zero-order chi connectivity index (χ0) is 31.0. The topological polar surface area (TPSA) is 58.2 Å². The Balaban J connectivity index is 1.99. The van der Waals surface area contributed by atoms with Crippen molar-refractivity contribution in [3.8, 4) is 0 Å². The second-order valence-electron chi connectivity index (χ2n) is 8.33. The van der Waals surface area contributed by atoms with Crippen LogP contribution in [-0.2, 0) is 34.3 Å². The molecule has 0 aliphatic carbocycles. The highest BCUT2D eigenvalue weighted by molar-refractivity contribution is 6.15. The van der Waals surface area contributed by atoms with E-state index >= 15 is 0 Å². The number of carbonyl (C=O) groups excluding carboxylic acids is 2. The summed E-state index contributed by atoms with van der Waals surface area (Å²) < 4.78 is 158. The number of nitrogens with one attached hydrogen (secondary N) is 2. The third-order valence-electron chi connectivity index (χ3n) is 5.45. The van der Waals surface area contributed by atoms with Crippen LogP contribution in [0.3, 0.4) is 0 Å².